The number of rotatable bonds is 5. The number of methoxy groups -OCH3 is 2. The Morgan fingerprint density at radius 3 is 2.23 bits per heavy atom. The maximum atomic E-state index is 13.4. The Kier molecular flexibility index (Phi) is 5.94. The van der Waals surface area contributed by atoms with Gasteiger partial charge in [0, 0.05) is 36.4 Å². The Bertz CT molecular complexity index is 1070. The molecule has 2 aliphatic heterocycles. The first-order valence-corrected chi connectivity index (χ1v) is 12.0. The van der Waals surface area contributed by atoms with Crippen LogP contribution in [0.15, 0.2) is 41.3 Å². The standard InChI is InChI=1S/C23H28N2O5S/c1-16-11-17-14-21(31(27,28)24-9-5-4-6-10-24)7-8-22(17)25(16)23(26)18-12-19(29-2)15-20(13-18)30-3/h7-8,12-16H,4-6,9-11H2,1-3H3/t16-/m1/s1. The van der Waals surface area contributed by atoms with E-state index >= 15 is 0 Å². The zero-order valence-corrected chi connectivity index (χ0v) is 18.9. The van der Waals surface area contributed by atoms with Gasteiger partial charge in [-0.25, -0.2) is 8.42 Å². The highest BCUT2D eigenvalue weighted by atomic mass is 32.2. The van der Waals surface area contributed by atoms with Gasteiger partial charge in [-0.1, -0.05) is 6.42 Å². The molecule has 1 amide bonds. The fourth-order valence-corrected chi connectivity index (χ4v) is 5.97. The van der Waals surface area contributed by atoms with Crippen LogP contribution in [0.4, 0.5) is 5.69 Å². The van der Waals surface area contributed by atoms with Crippen LogP contribution < -0.4 is 14.4 Å². The van der Waals surface area contributed by atoms with Gasteiger partial charge in [0.25, 0.3) is 5.91 Å². The number of fused-ring (bicyclic) bond motifs is 1. The molecule has 8 heteroatoms. The monoisotopic (exact) mass is 444 g/mol. The van der Waals surface area contributed by atoms with E-state index in [1.54, 1.807) is 59.8 Å². The Morgan fingerprint density at radius 2 is 1.61 bits per heavy atom. The summed E-state index contributed by atoms with van der Waals surface area (Å²) in [6, 6.07) is 10.1. The van der Waals surface area contributed by atoms with Gasteiger partial charge in [-0.2, -0.15) is 4.31 Å². The third kappa shape index (κ3) is 4.02. The van der Waals surface area contributed by atoms with Crippen LogP contribution in [0.3, 0.4) is 0 Å². The SMILES string of the molecule is COc1cc(OC)cc(C(=O)N2c3ccc(S(=O)(=O)N4CCCCC4)cc3C[C@H]2C)c1. The number of anilines is 1. The lowest BCUT2D eigenvalue weighted by molar-refractivity contribution is 0.0980. The fourth-order valence-electron chi connectivity index (χ4n) is 4.40. The second-order valence-electron chi connectivity index (χ2n) is 8.08. The number of ether oxygens (including phenoxy) is 2. The molecular formula is C23H28N2O5S. The van der Waals surface area contributed by atoms with Crippen molar-refractivity contribution in [3.05, 3.63) is 47.5 Å². The summed E-state index contributed by atoms with van der Waals surface area (Å²) in [5.74, 6) is 0.908. The van der Waals surface area contributed by atoms with Crippen LogP contribution in [0.25, 0.3) is 0 Å². The Labute approximate surface area is 183 Å². The quantitative estimate of drug-likeness (QED) is 0.706. The van der Waals surface area contributed by atoms with Crippen molar-refractivity contribution in [2.75, 3.05) is 32.2 Å². The summed E-state index contributed by atoms with van der Waals surface area (Å²) in [7, 11) is -0.427. The number of sulfonamides is 1. The van der Waals surface area contributed by atoms with Crippen LogP contribution in [-0.2, 0) is 16.4 Å². The van der Waals surface area contributed by atoms with Crippen molar-refractivity contribution < 1.29 is 22.7 Å². The molecule has 2 aromatic carbocycles. The third-order valence-electron chi connectivity index (χ3n) is 6.04. The minimum absolute atomic E-state index is 0.0902. The smallest absolute Gasteiger partial charge is 0.258 e. The molecule has 0 aliphatic carbocycles. The molecule has 0 radical (unpaired) electrons. The van der Waals surface area contributed by atoms with Crippen molar-refractivity contribution in [1.82, 2.24) is 4.31 Å². The highest BCUT2D eigenvalue weighted by Gasteiger charge is 2.34. The molecule has 2 aliphatic rings. The van der Waals surface area contributed by atoms with Crippen molar-refractivity contribution >= 4 is 21.6 Å². The fraction of sp³-hybridized carbons (Fsp3) is 0.435. The molecule has 0 saturated carbocycles. The minimum atomic E-state index is -3.51. The highest BCUT2D eigenvalue weighted by molar-refractivity contribution is 7.89. The molecule has 31 heavy (non-hydrogen) atoms. The average molecular weight is 445 g/mol. The molecule has 1 saturated heterocycles. The molecular weight excluding hydrogens is 416 g/mol. The van der Waals surface area contributed by atoms with Crippen molar-refractivity contribution in [1.29, 1.82) is 0 Å². The first-order chi connectivity index (χ1) is 14.8. The Morgan fingerprint density at radius 1 is 0.968 bits per heavy atom. The molecule has 2 aromatic rings. The van der Waals surface area contributed by atoms with Gasteiger partial charge in [-0.15, -0.1) is 0 Å². The number of hydrogen-bond donors (Lipinski definition) is 0. The van der Waals surface area contributed by atoms with E-state index in [1.807, 2.05) is 6.92 Å². The number of hydrogen-bond acceptors (Lipinski definition) is 5. The maximum Gasteiger partial charge on any atom is 0.258 e. The van der Waals surface area contributed by atoms with Gasteiger partial charge in [-0.3, -0.25) is 4.79 Å². The van der Waals surface area contributed by atoms with E-state index in [0.717, 1.165) is 30.5 Å². The lowest BCUT2D eigenvalue weighted by Crippen LogP contribution is -2.36. The van der Waals surface area contributed by atoms with Gasteiger partial charge in [0.15, 0.2) is 0 Å². The second-order valence-corrected chi connectivity index (χ2v) is 10.0. The van der Waals surface area contributed by atoms with Crippen LogP contribution in [0, 0.1) is 0 Å². The van der Waals surface area contributed by atoms with Crippen molar-refractivity contribution in [2.24, 2.45) is 0 Å². The van der Waals surface area contributed by atoms with Gasteiger partial charge in [0.2, 0.25) is 10.0 Å². The number of carbonyl (C=O) groups is 1. The normalized spacial score (nSPS) is 19.2. The number of benzene rings is 2. The summed E-state index contributed by atoms with van der Waals surface area (Å²) in [5.41, 5.74) is 2.08. The van der Waals surface area contributed by atoms with Crippen molar-refractivity contribution in [3.8, 4) is 11.5 Å². The molecule has 0 bridgehead atoms. The van der Waals surface area contributed by atoms with Gasteiger partial charge in [0.05, 0.1) is 19.1 Å². The second kappa shape index (κ2) is 8.51. The number of carbonyl (C=O) groups excluding carboxylic acids is 1. The van der Waals surface area contributed by atoms with E-state index in [0.29, 0.717) is 41.5 Å². The molecule has 1 fully saturated rings. The maximum absolute atomic E-state index is 13.4. The van der Waals surface area contributed by atoms with Crippen molar-refractivity contribution in [2.45, 2.75) is 43.5 Å². The summed E-state index contributed by atoms with van der Waals surface area (Å²) >= 11 is 0. The van der Waals surface area contributed by atoms with E-state index < -0.39 is 10.0 Å². The molecule has 2 heterocycles. The predicted molar refractivity (Wildman–Crippen MR) is 119 cm³/mol. The van der Waals surface area contributed by atoms with E-state index in [4.69, 9.17) is 9.47 Å². The van der Waals surface area contributed by atoms with Gasteiger partial charge >= 0.3 is 0 Å². The topological polar surface area (TPSA) is 76.1 Å². The lowest BCUT2D eigenvalue weighted by Gasteiger charge is -2.26. The molecule has 4 rings (SSSR count). The summed E-state index contributed by atoms with van der Waals surface area (Å²) < 4.78 is 38.3. The molecule has 0 N–H and O–H groups in total. The van der Waals surface area contributed by atoms with Crippen LogP contribution in [0.2, 0.25) is 0 Å². The van der Waals surface area contributed by atoms with Gasteiger partial charge in [-0.05, 0) is 62.1 Å². The molecule has 0 unspecified atom stereocenters. The largest absolute Gasteiger partial charge is 0.497 e. The molecule has 166 valence electrons. The summed E-state index contributed by atoms with van der Waals surface area (Å²) in [6.45, 7) is 3.10. The zero-order chi connectivity index (χ0) is 22.2. The van der Waals surface area contributed by atoms with E-state index in [1.165, 1.54) is 0 Å². The summed E-state index contributed by atoms with van der Waals surface area (Å²) in [5, 5.41) is 0. The zero-order valence-electron chi connectivity index (χ0n) is 18.1. The van der Waals surface area contributed by atoms with Crippen LogP contribution in [0.1, 0.15) is 42.1 Å². The first-order valence-electron chi connectivity index (χ1n) is 10.5. The Balaban J connectivity index is 1.66. The summed E-state index contributed by atoms with van der Waals surface area (Å²) in [6.07, 6.45) is 3.46. The first kappa shape index (κ1) is 21.6. The minimum Gasteiger partial charge on any atom is -0.497 e. The number of piperidine rings is 1. The van der Waals surface area contributed by atoms with Crippen LogP contribution >= 0.6 is 0 Å². The molecule has 7 nitrogen and oxygen atoms in total. The predicted octanol–water partition coefficient (Wildman–Crippen LogP) is 3.47. The van der Waals surface area contributed by atoms with Gasteiger partial charge < -0.3 is 14.4 Å². The average Bonchev–Trinajstić information content (AvgIpc) is 3.13. The van der Waals surface area contributed by atoms with E-state index in [9.17, 15) is 13.2 Å². The molecule has 0 spiro atoms. The summed E-state index contributed by atoms with van der Waals surface area (Å²) in [4.78, 5) is 15.4. The van der Waals surface area contributed by atoms with Gasteiger partial charge in [0.1, 0.15) is 11.5 Å². The van der Waals surface area contributed by atoms with Crippen LogP contribution in [-0.4, -0.2) is 52.0 Å². The van der Waals surface area contributed by atoms with Crippen molar-refractivity contribution in [3.63, 3.8) is 0 Å². The molecule has 0 aromatic heterocycles. The highest BCUT2D eigenvalue weighted by Crippen LogP contribution is 2.36. The van der Waals surface area contributed by atoms with E-state index in [2.05, 4.69) is 0 Å². The molecule has 1 atom stereocenters. The Hall–Kier alpha value is -2.58. The third-order valence-corrected chi connectivity index (χ3v) is 7.93. The lowest BCUT2D eigenvalue weighted by atomic mass is 10.1. The number of amides is 1. The van der Waals surface area contributed by atoms with E-state index in [-0.39, 0.29) is 11.9 Å². The van der Waals surface area contributed by atoms with Crippen LogP contribution in [0.5, 0.6) is 11.5 Å². The number of nitrogens with zero attached hydrogens (tertiary/aromatic N) is 2.